The van der Waals surface area contributed by atoms with Gasteiger partial charge in [-0.2, -0.15) is 0 Å². The first-order chi connectivity index (χ1) is 13.6. The van der Waals surface area contributed by atoms with Crippen molar-refractivity contribution in [3.8, 4) is 0 Å². The van der Waals surface area contributed by atoms with E-state index in [0.29, 0.717) is 5.02 Å². The molecule has 28 heavy (non-hydrogen) atoms. The second-order valence-corrected chi connectivity index (χ2v) is 7.04. The van der Waals surface area contributed by atoms with Crippen LogP contribution in [0.2, 0.25) is 5.02 Å². The fourth-order valence-electron chi connectivity index (χ4n) is 4.01. The molecule has 2 heterocycles. The third kappa shape index (κ3) is 2.81. The molecule has 0 N–H and O–H groups in total. The predicted molar refractivity (Wildman–Crippen MR) is 105 cm³/mol. The summed E-state index contributed by atoms with van der Waals surface area (Å²) in [7, 11) is 2.65. The molecule has 0 aliphatic carbocycles. The zero-order valence-corrected chi connectivity index (χ0v) is 16.2. The van der Waals surface area contributed by atoms with Gasteiger partial charge >= 0.3 is 11.9 Å². The molecule has 0 radical (unpaired) electrons. The second-order valence-electron chi connectivity index (χ2n) is 6.61. The number of ether oxygens (including phenoxy) is 2. The van der Waals surface area contributed by atoms with Gasteiger partial charge in [0.15, 0.2) is 6.04 Å². The number of fused-ring (bicyclic) bond motifs is 3. The number of halogens is 1. The first kappa shape index (κ1) is 18.4. The summed E-state index contributed by atoms with van der Waals surface area (Å²) < 4.78 is 10.1. The number of rotatable bonds is 3. The fourth-order valence-corrected chi connectivity index (χ4v) is 4.13. The minimum Gasteiger partial charge on any atom is -0.469 e. The van der Waals surface area contributed by atoms with Gasteiger partial charge in [-0.25, -0.2) is 4.79 Å². The van der Waals surface area contributed by atoms with Gasteiger partial charge in [0.1, 0.15) is 5.92 Å². The van der Waals surface area contributed by atoms with Crippen molar-refractivity contribution >= 4 is 35.3 Å². The van der Waals surface area contributed by atoms with Crippen molar-refractivity contribution in [2.24, 2.45) is 5.92 Å². The van der Waals surface area contributed by atoms with E-state index >= 15 is 0 Å². The maximum Gasteiger partial charge on any atom is 0.331 e. The van der Waals surface area contributed by atoms with Gasteiger partial charge in [0.2, 0.25) is 0 Å². The monoisotopic (exact) mass is 398 g/mol. The Morgan fingerprint density at radius 1 is 0.964 bits per heavy atom. The molecule has 0 unspecified atom stereocenters. The second kappa shape index (κ2) is 7.20. The molecule has 3 atom stereocenters. The maximum atomic E-state index is 12.8. The van der Waals surface area contributed by atoms with E-state index in [1.165, 1.54) is 14.2 Å². The highest BCUT2D eigenvalue weighted by Crippen LogP contribution is 2.48. The van der Waals surface area contributed by atoms with Gasteiger partial charge < -0.3 is 9.47 Å². The number of carbonyl (C=O) groups is 2. The van der Waals surface area contributed by atoms with Gasteiger partial charge in [0.25, 0.3) is 0 Å². The largest absolute Gasteiger partial charge is 0.469 e. The van der Waals surface area contributed by atoms with E-state index < -0.39 is 29.9 Å². The zero-order chi connectivity index (χ0) is 19.8. The topological polar surface area (TPSA) is 59.1 Å². The molecule has 2 aliphatic heterocycles. The molecule has 0 aromatic heterocycles. The molecular weight excluding hydrogens is 380 g/mol. The van der Waals surface area contributed by atoms with Gasteiger partial charge in [-0.3, -0.25) is 14.8 Å². The van der Waals surface area contributed by atoms with Crippen molar-refractivity contribution in [1.82, 2.24) is 5.01 Å². The van der Waals surface area contributed by atoms with Crippen LogP contribution in [0.25, 0.3) is 6.08 Å². The summed E-state index contributed by atoms with van der Waals surface area (Å²) in [5.74, 6) is -1.74. The van der Waals surface area contributed by atoms with E-state index in [2.05, 4.69) is 0 Å². The Labute approximate surface area is 167 Å². The van der Waals surface area contributed by atoms with Crippen LogP contribution >= 0.6 is 11.6 Å². The van der Waals surface area contributed by atoms with Crippen molar-refractivity contribution in [2.75, 3.05) is 19.2 Å². The van der Waals surface area contributed by atoms with Crippen LogP contribution in [-0.4, -0.2) is 37.2 Å². The Morgan fingerprint density at radius 3 is 2.32 bits per heavy atom. The van der Waals surface area contributed by atoms with Crippen LogP contribution in [0.4, 0.5) is 5.69 Å². The summed E-state index contributed by atoms with van der Waals surface area (Å²) in [4.78, 5) is 25.6. The highest BCUT2D eigenvalue weighted by molar-refractivity contribution is 6.30. The number of nitrogens with zero attached hydrogens (tertiary/aromatic N) is 2. The molecule has 2 aromatic rings. The summed E-state index contributed by atoms with van der Waals surface area (Å²) in [6.45, 7) is 0. The smallest absolute Gasteiger partial charge is 0.331 e. The third-order valence-corrected chi connectivity index (χ3v) is 5.46. The molecule has 7 heteroatoms. The lowest BCUT2D eigenvalue weighted by Crippen LogP contribution is -2.46. The average Bonchev–Trinajstić information content (AvgIpc) is 3.08. The number of anilines is 1. The van der Waals surface area contributed by atoms with E-state index in [1.807, 2.05) is 53.7 Å². The van der Waals surface area contributed by atoms with Crippen molar-refractivity contribution in [3.63, 3.8) is 0 Å². The summed E-state index contributed by atoms with van der Waals surface area (Å²) in [5, 5.41) is 4.26. The van der Waals surface area contributed by atoms with Crippen LogP contribution in [0.1, 0.15) is 17.2 Å². The zero-order valence-electron chi connectivity index (χ0n) is 15.4. The van der Waals surface area contributed by atoms with Crippen molar-refractivity contribution in [3.05, 3.63) is 70.9 Å². The average molecular weight is 399 g/mol. The van der Waals surface area contributed by atoms with E-state index in [4.69, 9.17) is 21.1 Å². The van der Waals surface area contributed by atoms with Crippen LogP contribution in [0.15, 0.2) is 54.7 Å². The fraction of sp³-hybridized carbons (Fsp3) is 0.238. The minimum absolute atomic E-state index is 0.395. The summed E-state index contributed by atoms with van der Waals surface area (Å²) in [6, 6.07) is 13.6. The molecule has 144 valence electrons. The van der Waals surface area contributed by atoms with Crippen LogP contribution in [0, 0.1) is 5.92 Å². The van der Waals surface area contributed by atoms with E-state index in [1.54, 1.807) is 17.1 Å². The van der Waals surface area contributed by atoms with Crippen LogP contribution in [0.5, 0.6) is 0 Å². The Kier molecular flexibility index (Phi) is 4.73. The number of methoxy groups -OCH3 is 2. The molecule has 0 amide bonds. The quantitative estimate of drug-likeness (QED) is 0.738. The van der Waals surface area contributed by atoms with Gasteiger partial charge in [0, 0.05) is 11.2 Å². The number of carbonyl (C=O) groups excluding carboxylic acids is 2. The highest BCUT2D eigenvalue weighted by Gasteiger charge is 2.56. The standard InChI is InChI=1S/C21H19ClN2O4/c1-27-20(25)17-18-16-6-4-3-5-13(16)11-12-23(18)24(19(17)21(26)28-2)15-9-7-14(22)8-10-15/h3-12,17-19H,1-2H3/t17-,18+,19-/m1/s1. The molecular formula is C21H19ClN2O4. The minimum atomic E-state index is -0.876. The Balaban J connectivity index is 1.91. The number of hydrazine groups is 1. The number of esters is 2. The molecule has 2 aliphatic rings. The first-order valence-corrected chi connectivity index (χ1v) is 9.20. The van der Waals surface area contributed by atoms with Crippen molar-refractivity contribution in [2.45, 2.75) is 12.1 Å². The van der Waals surface area contributed by atoms with Crippen LogP contribution in [-0.2, 0) is 19.1 Å². The lowest BCUT2D eigenvalue weighted by Gasteiger charge is -2.36. The first-order valence-electron chi connectivity index (χ1n) is 8.82. The van der Waals surface area contributed by atoms with Crippen molar-refractivity contribution < 1.29 is 19.1 Å². The molecule has 0 saturated carbocycles. The lowest BCUT2D eigenvalue weighted by molar-refractivity contribution is -0.153. The Hall–Kier alpha value is -2.99. The lowest BCUT2D eigenvalue weighted by atomic mass is 9.85. The number of hydrogen-bond acceptors (Lipinski definition) is 6. The molecule has 0 spiro atoms. The highest BCUT2D eigenvalue weighted by atomic mass is 35.5. The molecule has 0 bridgehead atoms. The molecule has 1 fully saturated rings. The van der Waals surface area contributed by atoms with Gasteiger partial charge in [-0.1, -0.05) is 35.9 Å². The van der Waals surface area contributed by atoms with Gasteiger partial charge in [0.05, 0.1) is 25.9 Å². The molecule has 1 saturated heterocycles. The third-order valence-electron chi connectivity index (χ3n) is 5.21. The van der Waals surface area contributed by atoms with Gasteiger partial charge in [-0.05, 0) is 41.5 Å². The number of benzene rings is 2. The summed E-state index contributed by atoms with van der Waals surface area (Å²) in [5.41, 5.74) is 2.67. The van der Waals surface area contributed by atoms with Crippen molar-refractivity contribution in [1.29, 1.82) is 0 Å². The molecule has 2 aromatic carbocycles. The summed E-state index contributed by atoms with van der Waals surface area (Å²) >= 11 is 6.04. The summed E-state index contributed by atoms with van der Waals surface area (Å²) in [6.07, 6.45) is 3.84. The Morgan fingerprint density at radius 2 is 1.64 bits per heavy atom. The predicted octanol–water partition coefficient (Wildman–Crippen LogP) is 3.43. The van der Waals surface area contributed by atoms with Crippen LogP contribution in [0.3, 0.4) is 0 Å². The van der Waals surface area contributed by atoms with Crippen LogP contribution < -0.4 is 5.01 Å². The molecule has 4 rings (SSSR count). The Bertz CT molecular complexity index is 944. The normalized spacial score (nSPS) is 22.5. The van der Waals surface area contributed by atoms with E-state index in [9.17, 15) is 9.59 Å². The SMILES string of the molecule is COC(=O)[C@@H]1[C@@H]2c3ccccc3C=CN2N(c2ccc(Cl)cc2)[C@H]1C(=O)OC. The van der Waals surface area contributed by atoms with E-state index in [0.717, 1.165) is 16.8 Å². The molecule has 6 nitrogen and oxygen atoms in total. The maximum absolute atomic E-state index is 12.8. The number of hydrogen-bond donors (Lipinski definition) is 0. The van der Waals surface area contributed by atoms with E-state index in [-0.39, 0.29) is 0 Å². The van der Waals surface area contributed by atoms with Gasteiger partial charge in [-0.15, -0.1) is 0 Å².